The van der Waals surface area contributed by atoms with Crippen molar-refractivity contribution in [2.75, 3.05) is 0 Å². The lowest BCUT2D eigenvalue weighted by Crippen LogP contribution is -2.02. The predicted octanol–water partition coefficient (Wildman–Crippen LogP) is 3.36. The minimum atomic E-state index is 0.190. The summed E-state index contributed by atoms with van der Waals surface area (Å²) in [6.45, 7) is 4.11. The summed E-state index contributed by atoms with van der Waals surface area (Å²) in [6, 6.07) is 7.41. The maximum absolute atomic E-state index is 9.90. The van der Waals surface area contributed by atoms with Gasteiger partial charge in [-0.2, -0.15) is 4.98 Å². The Morgan fingerprint density at radius 2 is 2.00 bits per heavy atom. The molecule has 0 spiro atoms. The lowest BCUT2D eigenvalue weighted by molar-refractivity contribution is 0.469. The number of para-hydroxylation sites is 1. The molecular weight excluding hydrogens is 288 g/mol. The van der Waals surface area contributed by atoms with E-state index in [0.29, 0.717) is 12.1 Å². The standard InChI is InChI=1S/C15H15ClN4O/c1-9(2)20-8-17-13-11(18-15(16)19-14(13)20)7-10-5-3-4-6-12(10)21/h3-6,8-9,21H,7H2,1-2H3. The van der Waals surface area contributed by atoms with Gasteiger partial charge in [0.15, 0.2) is 5.65 Å². The fourth-order valence-corrected chi connectivity index (χ4v) is 2.47. The summed E-state index contributed by atoms with van der Waals surface area (Å²) >= 11 is 6.04. The zero-order valence-corrected chi connectivity index (χ0v) is 12.5. The van der Waals surface area contributed by atoms with Crippen molar-refractivity contribution < 1.29 is 5.11 Å². The molecule has 5 nitrogen and oxygen atoms in total. The molecule has 0 bridgehead atoms. The molecule has 3 rings (SSSR count). The molecule has 0 amide bonds. The molecule has 0 atom stereocenters. The second-order valence-electron chi connectivity index (χ2n) is 5.16. The number of phenolic OH excluding ortho intramolecular Hbond substituents is 1. The summed E-state index contributed by atoms with van der Waals surface area (Å²) in [7, 11) is 0. The molecule has 2 heterocycles. The Balaban J connectivity index is 2.13. The van der Waals surface area contributed by atoms with Crippen molar-refractivity contribution in [1.29, 1.82) is 0 Å². The first kappa shape index (κ1) is 13.8. The highest BCUT2D eigenvalue weighted by atomic mass is 35.5. The van der Waals surface area contributed by atoms with Crippen molar-refractivity contribution in [3.63, 3.8) is 0 Å². The van der Waals surface area contributed by atoms with Crippen molar-refractivity contribution in [1.82, 2.24) is 19.5 Å². The number of fused-ring (bicyclic) bond motifs is 1. The van der Waals surface area contributed by atoms with Gasteiger partial charge in [-0.05, 0) is 37.1 Å². The summed E-state index contributed by atoms with van der Waals surface area (Å²) in [6.07, 6.45) is 2.20. The largest absolute Gasteiger partial charge is 0.508 e. The van der Waals surface area contributed by atoms with E-state index >= 15 is 0 Å². The van der Waals surface area contributed by atoms with E-state index in [4.69, 9.17) is 11.6 Å². The van der Waals surface area contributed by atoms with Gasteiger partial charge in [-0.1, -0.05) is 18.2 Å². The summed E-state index contributed by atoms with van der Waals surface area (Å²) < 4.78 is 1.96. The Hall–Kier alpha value is -2.14. The molecule has 0 saturated heterocycles. The maximum Gasteiger partial charge on any atom is 0.224 e. The number of hydrogen-bond donors (Lipinski definition) is 1. The fourth-order valence-electron chi connectivity index (χ4n) is 2.29. The van der Waals surface area contributed by atoms with Crippen LogP contribution in [0.3, 0.4) is 0 Å². The summed E-state index contributed by atoms with van der Waals surface area (Å²) in [5, 5.41) is 10.1. The quantitative estimate of drug-likeness (QED) is 0.754. The highest BCUT2D eigenvalue weighted by molar-refractivity contribution is 6.28. The van der Waals surface area contributed by atoms with E-state index in [9.17, 15) is 5.11 Å². The van der Waals surface area contributed by atoms with Crippen LogP contribution < -0.4 is 0 Å². The van der Waals surface area contributed by atoms with E-state index in [-0.39, 0.29) is 17.1 Å². The summed E-state index contributed by atoms with van der Waals surface area (Å²) in [5.74, 6) is 0.240. The molecule has 0 unspecified atom stereocenters. The van der Waals surface area contributed by atoms with Crippen molar-refractivity contribution >= 4 is 22.8 Å². The van der Waals surface area contributed by atoms with Crippen molar-refractivity contribution in [3.8, 4) is 5.75 Å². The smallest absolute Gasteiger partial charge is 0.224 e. The molecule has 1 aromatic carbocycles. The van der Waals surface area contributed by atoms with Gasteiger partial charge in [0.05, 0.1) is 12.0 Å². The molecule has 108 valence electrons. The molecular formula is C15H15ClN4O. The van der Waals surface area contributed by atoms with Crippen LogP contribution in [-0.2, 0) is 6.42 Å². The lowest BCUT2D eigenvalue weighted by atomic mass is 10.1. The van der Waals surface area contributed by atoms with Crippen molar-refractivity contribution in [2.24, 2.45) is 0 Å². The number of halogens is 1. The number of imidazole rings is 1. The molecule has 0 aliphatic rings. The van der Waals surface area contributed by atoms with E-state index in [0.717, 1.165) is 16.7 Å². The lowest BCUT2D eigenvalue weighted by Gasteiger charge is -2.08. The Morgan fingerprint density at radius 3 is 2.71 bits per heavy atom. The number of benzene rings is 1. The highest BCUT2D eigenvalue weighted by Crippen LogP contribution is 2.24. The Morgan fingerprint density at radius 1 is 1.24 bits per heavy atom. The van der Waals surface area contributed by atoms with Gasteiger partial charge in [-0.25, -0.2) is 9.97 Å². The first-order valence-corrected chi connectivity index (χ1v) is 7.10. The second kappa shape index (κ2) is 5.33. The van der Waals surface area contributed by atoms with Crippen LogP contribution in [0, 0.1) is 0 Å². The average Bonchev–Trinajstić information content (AvgIpc) is 2.85. The third kappa shape index (κ3) is 2.56. The molecule has 6 heteroatoms. The number of aromatic nitrogens is 4. The average molecular weight is 303 g/mol. The first-order chi connectivity index (χ1) is 10.1. The van der Waals surface area contributed by atoms with Crippen LogP contribution in [0.5, 0.6) is 5.75 Å². The topological polar surface area (TPSA) is 63.8 Å². The minimum Gasteiger partial charge on any atom is -0.508 e. The number of hydrogen-bond acceptors (Lipinski definition) is 4. The summed E-state index contributed by atoms with van der Waals surface area (Å²) in [5.41, 5.74) is 2.94. The summed E-state index contributed by atoms with van der Waals surface area (Å²) in [4.78, 5) is 13.0. The molecule has 21 heavy (non-hydrogen) atoms. The van der Waals surface area contributed by atoms with Gasteiger partial charge in [-0.15, -0.1) is 0 Å². The number of phenols is 1. The van der Waals surface area contributed by atoms with E-state index in [2.05, 4.69) is 28.8 Å². The second-order valence-corrected chi connectivity index (χ2v) is 5.50. The van der Waals surface area contributed by atoms with E-state index in [1.807, 2.05) is 16.7 Å². The van der Waals surface area contributed by atoms with Crippen LogP contribution in [0.2, 0.25) is 5.28 Å². The Kier molecular flexibility index (Phi) is 3.51. The number of nitrogens with zero attached hydrogens (tertiary/aromatic N) is 4. The third-order valence-corrected chi connectivity index (χ3v) is 3.54. The Bertz CT molecular complexity index is 797. The van der Waals surface area contributed by atoms with Crippen molar-refractivity contribution in [3.05, 3.63) is 47.1 Å². The molecule has 0 radical (unpaired) electrons. The maximum atomic E-state index is 9.90. The van der Waals surface area contributed by atoms with E-state index in [1.54, 1.807) is 18.5 Å². The van der Waals surface area contributed by atoms with E-state index in [1.165, 1.54) is 0 Å². The minimum absolute atomic E-state index is 0.190. The van der Waals surface area contributed by atoms with Crippen LogP contribution >= 0.6 is 11.6 Å². The molecule has 0 aliphatic carbocycles. The van der Waals surface area contributed by atoms with Gasteiger partial charge in [0.25, 0.3) is 0 Å². The van der Waals surface area contributed by atoms with Gasteiger partial charge < -0.3 is 9.67 Å². The molecule has 0 aliphatic heterocycles. The molecule has 3 aromatic rings. The molecule has 0 saturated carbocycles. The van der Waals surface area contributed by atoms with Gasteiger partial charge in [-0.3, -0.25) is 0 Å². The van der Waals surface area contributed by atoms with Crippen LogP contribution in [-0.4, -0.2) is 24.6 Å². The highest BCUT2D eigenvalue weighted by Gasteiger charge is 2.15. The van der Waals surface area contributed by atoms with Crippen molar-refractivity contribution in [2.45, 2.75) is 26.3 Å². The third-order valence-electron chi connectivity index (χ3n) is 3.37. The van der Waals surface area contributed by atoms with Crippen LogP contribution in [0.15, 0.2) is 30.6 Å². The van der Waals surface area contributed by atoms with Gasteiger partial charge in [0.2, 0.25) is 5.28 Å². The van der Waals surface area contributed by atoms with Crippen LogP contribution in [0.1, 0.15) is 31.1 Å². The molecule has 2 aromatic heterocycles. The number of rotatable bonds is 3. The van der Waals surface area contributed by atoms with Gasteiger partial charge in [0, 0.05) is 12.5 Å². The normalized spacial score (nSPS) is 11.4. The zero-order valence-electron chi connectivity index (χ0n) is 11.8. The van der Waals surface area contributed by atoms with Gasteiger partial charge in [0.1, 0.15) is 11.3 Å². The SMILES string of the molecule is CC(C)n1cnc2c(Cc3ccccc3O)nc(Cl)nc21. The first-order valence-electron chi connectivity index (χ1n) is 6.72. The van der Waals surface area contributed by atoms with Crippen LogP contribution in [0.4, 0.5) is 0 Å². The number of aromatic hydroxyl groups is 1. The Labute approximate surface area is 127 Å². The molecule has 0 fully saturated rings. The predicted molar refractivity (Wildman–Crippen MR) is 81.6 cm³/mol. The van der Waals surface area contributed by atoms with E-state index < -0.39 is 0 Å². The zero-order chi connectivity index (χ0) is 15.0. The monoisotopic (exact) mass is 302 g/mol. The molecule has 1 N–H and O–H groups in total. The van der Waals surface area contributed by atoms with Crippen LogP contribution in [0.25, 0.3) is 11.2 Å². The fraction of sp³-hybridized carbons (Fsp3) is 0.267. The van der Waals surface area contributed by atoms with Gasteiger partial charge >= 0.3 is 0 Å².